The number of amides is 1. The van der Waals surface area contributed by atoms with Gasteiger partial charge in [-0.15, -0.1) is 0 Å². The number of pyridine rings is 1. The van der Waals surface area contributed by atoms with Gasteiger partial charge in [-0.25, -0.2) is 10.8 Å². The van der Waals surface area contributed by atoms with Crippen molar-refractivity contribution in [1.29, 1.82) is 0 Å². The number of hydrazine groups is 1. The van der Waals surface area contributed by atoms with Gasteiger partial charge in [-0.05, 0) is 37.3 Å². The van der Waals surface area contributed by atoms with E-state index in [2.05, 4.69) is 10.3 Å². The highest BCUT2D eigenvalue weighted by Gasteiger charge is 2.32. The number of carbonyl (C=O) groups is 1. The second-order valence-electron chi connectivity index (χ2n) is 6.87. The van der Waals surface area contributed by atoms with Gasteiger partial charge in [0.05, 0.1) is 29.7 Å². The summed E-state index contributed by atoms with van der Waals surface area (Å²) in [6, 6.07) is 6.44. The summed E-state index contributed by atoms with van der Waals surface area (Å²) in [5.74, 6) is 5.85. The molecule has 1 atom stereocenters. The first-order valence-electron chi connectivity index (χ1n) is 8.92. The van der Waals surface area contributed by atoms with Gasteiger partial charge in [-0.3, -0.25) is 14.4 Å². The molecule has 2 heterocycles. The molecule has 0 spiro atoms. The van der Waals surface area contributed by atoms with Crippen LogP contribution in [0.15, 0.2) is 36.5 Å². The molecule has 0 saturated carbocycles. The second-order valence-corrected chi connectivity index (χ2v) is 6.87. The second kappa shape index (κ2) is 7.84. The third-order valence-corrected chi connectivity index (χ3v) is 4.52. The number of nitrogens with zero attached hydrogens (tertiary/aromatic N) is 3. The highest BCUT2D eigenvalue weighted by Crippen LogP contribution is 2.37. The summed E-state index contributed by atoms with van der Waals surface area (Å²) in [4.78, 5) is 15.9. The van der Waals surface area contributed by atoms with Crippen LogP contribution >= 0.6 is 0 Å². The van der Waals surface area contributed by atoms with E-state index >= 15 is 0 Å². The van der Waals surface area contributed by atoms with E-state index in [9.17, 15) is 18.0 Å². The number of aliphatic hydroxyl groups is 1. The van der Waals surface area contributed by atoms with Crippen LogP contribution in [0.1, 0.15) is 23.0 Å². The molecular formula is C19H21F3N6O2. The zero-order chi connectivity index (χ0) is 22.2. The number of alkyl halides is 3. The molecule has 0 aliphatic carbocycles. The third-order valence-electron chi connectivity index (χ3n) is 4.52. The Morgan fingerprint density at radius 1 is 1.33 bits per heavy atom. The van der Waals surface area contributed by atoms with Gasteiger partial charge in [0.2, 0.25) is 0 Å². The quantitative estimate of drug-likeness (QED) is 0.369. The molecule has 1 unspecified atom stereocenters. The Labute approximate surface area is 169 Å². The lowest BCUT2D eigenvalue weighted by Crippen LogP contribution is -2.34. The summed E-state index contributed by atoms with van der Waals surface area (Å²) in [6.07, 6.45) is -3.48. The molecule has 0 fully saturated rings. The normalized spacial score (nSPS) is 12.8. The Balaban J connectivity index is 2.14. The largest absolute Gasteiger partial charge is 0.433 e. The predicted octanol–water partition coefficient (Wildman–Crippen LogP) is 2.05. The number of hydrogen-bond acceptors (Lipinski definition) is 6. The fourth-order valence-corrected chi connectivity index (χ4v) is 3.09. The molecule has 6 N–H and O–H groups in total. The Morgan fingerprint density at radius 2 is 2.03 bits per heavy atom. The van der Waals surface area contributed by atoms with E-state index in [1.807, 2.05) is 0 Å². The molecule has 0 bridgehead atoms. The van der Waals surface area contributed by atoms with Gasteiger partial charge in [0.1, 0.15) is 5.69 Å². The van der Waals surface area contributed by atoms with Crippen molar-refractivity contribution in [1.82, 2.24) is 14.9 Å². The lowest BCUT2D eigenvalue weighted by atomic mass is 10.1. The molecule has 1 amide bonds. The van der Waals surface area contributed by atoms with E-state index in [0.29, 0.717) is 28.0 Å². The standard InChI is InChI=1S/C19H21F3N6O2/c1-10(9-29)26-17(30)11-3-5-14-13(7-11)16(23)18(27(2)24)28(14)12-4-6-15(25-8-12)19(20,21)22/h3-8,10,29H,9,23-24H2,1-2H3,(H,26,30). The first-order valence-corrected chi connectivity index (χ1v) is 8.92. The number of hydrogen-bond donors (Lipinski definition) is 4. The van der Waals surface area contributed by atoms with Crippen LogP contribution in [0, 0.1) is 0 Å². The molecule has 0 aliphatic heterocycles. The van der Waals surface area contributed by atoms with Crippen LogP contribution in [-0.4, -0.2) is 40.3 Å². The summed E-state index contributed by atoms with van der Waals surface area (Å²) in [5.41, 5.74) is 6.66. The van der Waals surface area contributed by atoms with E-state index < -0.39 is 23.8 Å². The van der Waals surface area contributed by atoms with Crippen LogP contribution in [0.25, 0.3) is 16.6 Å². The number of benzene rings is 1. The monoisotopic (exact) mass is 422 g/mol. The number of nitrogens with two attached hydrogens (primary N) is 2. The topological polar surface area (TPSA) is 122 Å². The molecule has 0 saturated heterocycles. The number of fused-ring (bicyclic) bond motifs is 1. The van der Waals surface area contributed by atoms with Crippen molar-refractivity contribution >= 4 is 28.3 Å². The summed E-state index contributed by atoms with van der Waals surface area (Å²) < 4.78 is 40.1. The lowest BCUT2D eigenvalue weighted by molar-refractivity contribution is -0.141. The van der Waals surface area contributed by atoms with Gasteiger partial charge < -0.3 is 16.2 Å². The number of aliphatic hydroxyl groups excluding tert-OH is 1. The van der Waals surface area contributed by atoms with Crippen molar-refractivity contribution in [2.24, 2.45) is 5.84 Å². The van der Waals surface area contributed by atoms with Crippen LogP contribution in [0.3, 0.4) is 0 Å². The number of carbonyl (C=O) groups excluding carboxylic acids is 1. The summed E-state index contributed by atoms with van der Waals surface area (Å²) in [5, 5.41) is 13.5. The van der Waals surface area contributed by atoms with E-state index in [1.54, 1.807) is 29.7 Å². The molecule has 0 radical (unpaired) electrons. The van der Waals surface area contributed by atoms with Crippen LogP contribution in [0.2, 0.25) is 0 Å². The van der Waals surface area contributed by atoms with Crippen LogP contribution in [0.4, 0.5) is 24.7 Å². The highest BCUT2D eigenvalue weighted by molar-refractivity contribution is 6.05. The zero-order valence-electron chi connectivity index (χ0n) is 16.2. The maximum Gasteiger partial charge on any atom is 0.433 e. The van der Waals surface area contributed by atoms with Crippen LogP contribution < -0.4 is 21.9 Å². The number of nitrogen functional groups attached to an aromatic ring is 1. The minimum atomic E-state index is -4.56. The number of aromatic nitrogens is 2. The minimum Gasteiger partial charge on any atom is -0.395 e. The Morgan fingerprint density at radius 3 is 2.57 bits per heavy atom. The van der Waals surface area contributed by atoms with Gasteiger partial charge in [-0.2, -0.15) is 13.2 Å². The first kappa shape index (κ1) is 21.4. The molecule has 2 aromatic heterocycles. The maximum atomic E-state index is 12.9. The van der Waals surface area contributed by atoms with Gasteiger partial charge in [0.15, 0.2) is 5.82 Å². The molecular weight excluding hydrogens is 401 g/mol. The molecule has 8 nitrogen and oxygen atoms in total. The van der Waals surface area contributed by atoms with Crippen molar-refractivity contribution in [3.63, 3.8) is 0 Å². The predicted molar refractivity (Wildman–Crippen MR) is 107 cm³/mol. The lowest BCUT2D eigenvalue weighted by Gasteiger charge is -2.17. The van der Waals surface area contributed by atoms with Crippen LogP contribution in [-0.2, 0) is 6.18 Å². The van der Waals surface area contributed by atoms with Crippen molar-refractivity contribution in [2.75, 3.05) is 24.4 Å². The van der Waals surface area contributed by atoms with Crippen molar-refractivity contribution in [3.05, 3.63) is 47.8 Å². The van der Waals surface area contributed by atoms with E-state index in [1.165, 1.54) is 18.1 Å². The molecule has 3 aromatic rings. The van der Waals surface area contributed by atoms with Crippen molar-refractivity contribution < 1.29 is 23.1 Å². The highest BCUT2D eigenvalue weighted by atomic mass is 19.4. The van der Waals surface area contributed by atoms with Crippen molar-refractivity contribution in [2.45, 2.75) is 19.1 Å². The third kappa shape index (κ3) is 3.89. The van der Waals surface area contributed by atoms with E-state index in [0.717, 1.165) is 12.3 Å². The summed E-state index contributed by atoms with van der Waals surface area (Å²) in [6.45, 7) is 1.44. The van der Waals surface area contributed by atoms with Gasteiger partial charge in [-0.1, -0.05) is 0 Å². The molecule has 0 aliphatic rings. The Bertz CT molecular complexity index is 1080. The average molecular weight is 422 g/mol. The summed E-state index contributed by atoms with van der Waals surface area (Å²) in [7, 11) is 1.54. The first-order chi connectivity index (χ1) is 14.0. The number of halogens is 3. The molecule has 11 heteroatoms. The van der Waals surface area contributed by atoms with Gasteiger partial charge in [0, 0.05) is 24.0 Å². The van der Waals surface area contributed by atoms with E-state index in [-0.39, 0.29) is 12.3 Å². The number of nitrogens with one attached hydrogen (secondary N) is 1. The molecule has 160 valence electrons. The molecule has 3 rings (SSSR count). The minimum absolute atomic E-state index is 0.213. The smallest absolute Gasteiger partial charge is 0.395 e. The van der Waals surface area contributed by atoms with Crippen LogP contribution in [0.5, 0.6) is 0 Å². The maximum absolute atomic E-state index is 12.9. The van der Waals surface area contributed by atoms with Gasteiger partial charge >= 0.3 is 6.18 Å². The zero-order valence-corrected chi connectivity index (χ0v) is 16.2. The average Bonchev–Trinajstić information content (AvgIpc) is 2.99. The fourth-order valence-electron chi connectivity index (χ4n) is 3.09. The SMILES string of the molecule is CC(CO)NC(=O)c1ccc2c(c1)c(N)c(N(C)N)n2-c1ccc(C(F)(F)F)nc1. The molecule has 1 aromatic carbocycles. The number of anilines is 2. The number of rotatable bonds is 5. The van der Waals surface area contributed by atoms with Gasteiger partial charge in [0.25, 0.3) is 5.91 Å². The molecule has 30 heavy (non-hydrogen) atoms. The Hall–Kier alpha value is -3.31. The van der Waals surface area contributed by atoms with Crippen molar-refractivity contribution in [3.8, 4) is 5.69 Å². The Kier molecular flexibility index (Phi) is 5.59. The van der Waals surface area contributed by atoms with E-state index in [4.69, 9.17) is 16.7 Å². The fraction of sp³-hybridized carbons (Fsp3) is 0.263. The summed E-state index contributed by atoms with van der Waals surface area (Å²) >= 11 is 0.